The van der Waals surface area contributed by atoms with Gasteiger partial charge in [-0.25, -0.2) is 13.1 Å². The van der Waals surface area contributed by atoms with Crippen LogP contribution in [0.15, 0.2) is 23.1 Å². The molecule has 5 N–H and O–H groups in total. The number of nitrogens with two attached hydrogens (primary N) is 2. The SMILES string of the molecule is CCC(N)(CC)CNS(=O)(=O)c1ccc(C)c(C(N)=O)c1.Cl. The van der Waals surface area contributed by atoms with E-state index in [4.69, 9.17) is 11.5 Å². The molecule has 0 aliphatic rings. The van der Waals surface area contributed by atoms with Crippen LogP contribution in [0.25, 0.3) is 0 Å². The van der Waals surface area contributed by atoms with E-state index in [-0.39, 0.29) is 29.4 Å². The van der Waals surface area contributed by atoms with Crippen molar-refractivity contribution in [3.8, 4) is 0 Å². The second kappa shape index (κ2) is 7.92. The summed E-state index contributed by atoms with van der Waals surface area (Å²) in [6.07, 6.45) is 1.32. The maximum absolute atomic E-state index is 12.3. The fourth-order valence-corrected chi connectivity index (χ4v) is 3.02. The van der Waals surface area contributed by atoms with E-state index >= 15 is 0 Å². The van der Waals surface area contributed by atoms with Crippen molar-refractivity contribution in [1.82, 2.24) is 4.72 Å². The van der Waals surface area contributed by atoms with Gasteiger partial charge in [0.2, 0.25) is 15.9 Å². The highest BCUT2D eigenvalue weighted by Gasteiger charge is 2.24. The Balaban J connectivity index is 0.00000441. The van der Waals surface area contributed by atoms with Gasteiger partial charge in [0, 0.05) is 17.6 Å². The Morgan fingerprint density at radius 2 is 1.82 bits per heavy atom. The van der Waals surface area contributed by atoms with Crippen molar-refractivity contribution in [2.24, 2.45) is 11.5 Å². The number of benzene rings is 1. The Labute approximate surface area is 138 Å². The van der Waals surface area contributed by atoms with Crippen molar-refractivity contribution >= 4 is 28.3 Å². The molecule has 0 saturated carbocycles. The van der Waals surface area contributed by atoms with Gasteiger partial charge in [0.05, 0.1) is 4.90 Å². The molecule has 0 bridgehead atoms. The summed E-state index contributed by atoms with van der Waals surface area (Å²) in [7, 11) is -3.72. The van der Waals surface area contributed by atoms with Crippen molar-refractivity contribution in [2.45, 2.75) is 44.0 Å². The first kappa shape index (κ1) is 20.9. The maximum atomic E-state index is 12.3. The minimum absolute atomic E-state index is 0. The summed E-state index contributed by atoms with van der Waals surface area (Å²) in [5, 5.41) is 0. The largest absolute Gasteiger partial charge is 0.366 e. The molecule has 0 fully saturated rings. The van der Waals surface area contributed by atoms with Crippen LogP contribution in [0.5, 0.6) is 0 Å². The number of carbonyl (C=O) groups is 1. The maximum Gasteiger partial charge on any atom is 0.249 e. The number of hydrogen-bond acceptors (Lipinski definition) is 4. The van der Waals surface area contributed by atoms with E-state index in [9.17, 15) is 13.2 Å². The van der Waals surface area contributed by atoms with Crippen LogP contribution in [-0.2, 0) is 10.0 Å². The molecule has 0 atom stereocenters. The summed E-state index contributed by atoms with van der Waals surface area (Å²) in [6, 6.07) is 4.29. The Hall–Kier alpha value is -1.15. The van der Waals surface area contributed by atoms with Crippen LogP contribution in [0.3, 0.4) is 0 Å². The number of nitrogens with one attached hydrogen (secondary N) is 1. The second-order valence-corrected chi connectivity index (χ2v) is 7.00. The highest BCUT2D eigenvalue weighted by molar-refractivity contribution is 7.89. The molecule has 0 unspecified atom stereocenters. The lowest BCUT2D eigenvalue weighted by Crippen LogP contribution is -2.49. The van der Waals surface area contributed by atoms with Crippen molar-refractivity contribution in [3.63, 3.8) is 0 Å². The summed E-state index contributed by atoms with van der Waals surface area (Å²) < 4.78 is 27.1. The quantitative estimate of drug-likeness (QED) is 0.688. The molecular formula is C14H24ClN3O3S. The van der Waals surface area contributed by atoms with E-state index in [0.717, 1.165) is 0 Å². The number of rotatable bonds is 7. The van der Waals surface area contributed by atoms with Crippen LogP contribution in [-0.4, -0.2) is 26.4 Å². The second-order valence-electron chi connectivity index (χ2n) is 5.24. The molecule has 1 aromatic carbocycles. The van der Waals surface area contributed by atoms with Gasteiger partial charge < -0.3 is 11.5 Å². The van der Waals surface area contributed by atoms with Crippen LogP contribution >= 0.6 is 12.4 Å². The molecule has 22 heavy (non-hydrogen) atoms. The Kier molecular flexibility index (Phi) is 7.50. The molecule has 0 spiro atoms. The predicted octanol–water partition coefficient (Wildman–Crippen LogP) is 1.31. The lowest BCUT2D eigenvalue weighted by atomic mass is 9.95. The van der Waals surface area contributed by atoms with Gasteiger partial charge in [-0.15, -0.1) is 12.4 Å². The lowest BCUT2D eigenvalue weighted by Gasteiger charge is -2.26. The first-order chi connectivity index (χ1) is 9.65. The number of halogens is 1. The Morgan fingerprint density at radius 1 is 1.27 bits per heavy atom. The molecule has 0 aliphatic heterocycles. The minimum Gasteiger partial charge on any atom is -0.366 e. The van der Waals surface area contributed by atoms with Gasteiger partial charge in [-0.05, 0) is 37.5 Å². The molecule has 126 valence electrons. The number of hydrogen-bond donors (Lipinski definition) is 3. The minimum atomic E-state index is -3.72. The zero-order valence-corrected chi connectivity index (χ0v) is 14.7. The number of carbonyl (C=O) groups excluding carboxylic acids is 1. The topological polar surface area (TPSA) is 115 Å². The highest BCUT2D eigenvalue weighted by Crippen LogP contribution is 2.16. The van der Waals surface area contributed by atoms with Gasteiger partial charge in [0.25, 0.3) is 0 Å². The van der Waals surface area contributed by atoms with Gasteiger partial charge >= 0.3 is 0 Å². The highest BCUT2D eigenvalue weighted by atomic mass is 35.5. The molecule has 1 rings (SSSR count). The van der Waals surface area contributed by atoms with E-state index < -0.39 is 21.5 Å². The van der Waals surface area contributed by atoms with Gasteiger partial charge in [-0.2, -0.15) is 0 Å². The van der Waals surface area contributed by atoms with Crippen LogP contribution in [0.1, 0.15) is 42.6 Å². The normalized spacial score (nSPS) is 11.8. The third-order valence-corrected chi connectivity index (χ3v) is 5.21. The van der Waals surface area contributed by atoms with Gasteiger partial charge in [-0.3, -0.25) is 4.79 Å². The third kappa shape index (κ3) is 4.95. The fourth-order valence-electron chi connectivity index (χ4n) is 1.86. The first-order valence-electron chi connectivity index (χ1n) is 6.84. The van der Waals surface area contributed by atoms with Crippen molar-refractivity contribution < 1.29 is 13.2 Å². The summed E-state index contributed by atoms with van der Waals surface area (Å²) in [5.41, 5.74) is 11.6. The van der Waals surface area contributed by atoms with Crippen LogP contribution in [0.4, 0.5) is 0 Å². The molecule has 8 heteroatoms. The van der Waals surface area contributed by atoms with Crippen LogP contribution in [0, 0.1) is 6.92 Å². The van der Waals surface area contributed by atoms with Crippen molar-refractivity contribution in [3.05, 3.63) is 29.3 Å². The molecule has 0 saturated heterocycles. The van der Waals surface area contributed by atoms with Crippen LogP contribution < -0.4 is 16.2 Å². The predicted molar refractivity (Wildman–Crippen MR) is 89.6 cm³/mol. The zero-order chi connectivity index (χ0) is 16.3. The molecule has 0 heterocycles. The molecule has 1 aromatic rings. The molecule has 6 nitrogen and oxygen atoms in total. The Morgan fingerprint density at radius 3 is 2.27 bits per heavy atom. The zero-order valence-electron chi connectivity index (χ0n) is 13.0. The van der Waals surface area contributed by atoms with Crippen molar-refractivity contribution in [1.29, 1.82) is 0 Å². The van der Waals surface area contributed by atoms with E-state index in [1.54, 1.807) is 13.0 Å². The van der Waals surface area contributed by atoms with E-state index in [1.807, 2.05) is 13.8 Å². The molecule has 0 radical (unpaired) electrons. The van der Waals surface area contributed by atoms with E-state index in [1.165, 1.54) is 12.1 Å². The first-order valence-corrected chi connectivity index (χ1v) is 8.32. The summed E-state index contributed by atoms with van der Waals surface area (Å²) in [6.45, 7) is 5.66. The van der Waals surface area contributed by atoms with Gasteiger partial charge in [-0.1, -0.05) is 19.9 Å². The third-order valence-electron chi connectivity index (χ3n) is 3.81. The van der Waals surface area contributed by atoms with E-state index in [0.29, 0.717) is 18.4 Å². The molecule has 0 aliphatic carbocycles. The average molecular weight is 350 g/mol. The fraction of sp³-hybridized carbons (Fsp3) is 0.500. The molecular weight excluding hydrogens is 326 g/mol. The molecule has 1 amide bonds. The van der Waals surface area contributed by atoms with Crippen LogP contribution in [0.2, 0.25) is 0 Å². The standard InChI is InChI=1S/C14H23N3O3S.ClH/c1-4-14(16,5-2)9-17-21(19,20)11-7-6-10(3)12(8-11)13(15)18;/h6-8,17H,4-5,9,16H2,1-3H3,(H2,15,18);1H. The summed E-state index contributed by atoms with van der Waals surface area (Å²) in [5.74, 6) is -0.653. The average Bonchev–Trinajstić information content (AvgIpc) is 2.45. The van der Waals surface area contributed by atoms with E-state index in [2.05, 4.69) is 4.72 Å². The van der Waals surface area contributed by atoms with Crippen molar-refractivity contribution in [2.75, 3.05) is 6.54 Å². The summed E-state index contributed by atoms with van der Waals surface area (Å²) in [4.78, 5) is 11.3. The monoisotopic (exact) mass is 349 g/mol. The number of sulfonamides is 1. The smallest absolute Gasteiger partial charge is 0.249 e. The number of amides is 1. The molecule has 0 aromatic heterocycles. The summed E-state index contributed by atoms with van der Waals surface area (Å²) >= 11 is 0. The number of aryl methyl sites for hydroxylation is 1. The lowest BCUT2D eigenvalue weighted by molar-refractivity contribution is 0.0999. The van der Waals surface area contributed by atoms with Gasteiger partial charge in [0.1, 0.15) is 0 Å². The van der Waals surface area contributed by atoms with Gasteiger partial charge in [0.15, 0.2) is 0 Å². The Bertz CT molecular complexity index is 628. The number of primary amides is 1.